The summed E-state index contributed by atoms with van der Waals surface area (Å²) in [5.74, 6) is -0.612. The summed E-state index contributed by atoms with van der Waals surface area (Å²) >= 11 is 0. The van der Waals surface area contributed by atoms with E-state index in [-0.39, 0.29) is 46.8 Å². The van der Waals surface area contributed by atoms with Crippen LogP contribution in [-0.2, 0) is 9.59 Å². The van der Waals surface area contributed by atoms with E-state index in [1.807, 2.05) is 36.4 Å². The van der Waals surface area contributed by atoms with Crippen LogP contribution >= 0.6 is 0 Å². The zero-order valence-electron chi connectivity index (χ0n) is 23.2. The summed E-state index contributed by atoms with van der Waals surface area (Å²) in [6, 6.07) is 19.5. The lowest BCUT2D eigenvalue weighted by Crippen LogP contribution is -2.37. The minimum atomic E-state index is -0.335. The van der Waals surface area contributed by atoms with Gasteiger partial charge in [-0.1, -0.05) is 102 Å². The zero-order chi connectivity index (χ0) is 27.0. The van der Waals surface area contributed by atoms with Crippen LogP contribution in [0.15, 0.2) is 60.7 Å². The molecule has 0 saturated carbocycles. The van der Waals surface area contributed by atoms with Crippen molar-refractivity contribution in [1.82, 2.24) is 10.2 Å². The van der Waals surface area contributed by atoms with Crippen molar-refractivity contribution in [2.45, 2.75) is 72.6 Å². The number of rotatable bonds is 13. The smallest absolute Gasteiger partial charge is 0.251 e. The van der Waals surface area contributed by atoms with Gasteiger partial charge in [0.05, 0.1) is 11.8 Å². The molecule has 1 N–H and O–H groups in total. The SMILES string of the molecule is CCC(C)(C)C(c1ccccc1)C1C(=O)N(CCCCCCNC(=O)c2ccccc2)C(=O)C1C(C)C. The summed E-state index contributed by atoms with van der Waals surface area (Å²) in [6.07, 6.45) is 4.44. The highest BCUT2D eigenvalue weighted by atomic mass is 16.2. The molecule has 37 heavy (non-hydrogen) atoms. The van der Waals surface area contributed by atoms with Crippen molar-refractivity contribution in [3.8, 4) is 0 Å². The van der Waals surface area contributed by atoms with Gasteiger partial charge in [0.15, 0.2) is 0 Å². The molecule has 3 amide bonds. The molecule has 0 spiro atoms. The van der Waals surface area contributed by atoms with E-state index in [4.69, 9.17) is 0 Å². The standard InChI is InChI=1S/C32H44N2O3/c1-6-32(4,5)28(24-17-11-9-12-18-24)27-26(23(2)3)30(36)34(31(27)37)22-16-8-7-15-21-33-29(35)25-19-13-10-14-20-25/h9-14,17-20,23,26-28H,6-8,15-16,21-22H2,1-5H3,(H,33,35). The van der Waals surface area contributed by atoms with Gasteiger partial charge in [-0.25, -0.2) is 0 Å². The molecule has 3 atom stereocenters. The Kier molecular flexibility index (Phi) is 10.1. The first-order valence-electron chi connectivity index (χ1n) is 13.9. The van der Waals surface area contributed by atoms with E-state index in [0.29, 0.717) is 18.7 Å². The number of unbranched alkanes of at least 4 members (excludes halogenated alkanes) is 3. The number of amides is 3. The van der Waals surface area contributed by atoms with Crippen LogP contribution in [0.2, 0.25) is 0 Å². The maximum atomic E-state index is 13.8. The van der Waals surface area contributed by atoms with Crippen LogP contribution in [0.5, 0.6) is 0 Å². The number of nitrogens with one attached hydrogen (secondary N) is 1. The highest BCUT2D eigenvalue weighted by Crippen LogP contribution is 2.50. The van der Waals surface area contributed by atoms with Crippen LogP contribution in [0, 0.1) is 23.2 Å². The van der Waals surface area contributed by atoms with Gasteiger partial charge in [0.1, 0.15) is 0 Å². The molecular formula is C32H44N2O3. The third-order valence-electron chi connectivity index (χ3n) is 8.11. The third kappa shape index (κ3) is 6.88. The average Bonchev–Trinajstić information content (AvgIpc) is 3.13. The quantitative estimate of drug-likeness (QED) is 0.252. The number of carbonyl (C=O) groups excluding carboxylic acids is 3. The fourth-order valence-electron chi connectivity index (χ4n) is 5.71. The molecule has 1 saturated heterocycles. The summed E-state index contributed by atoms with van der Waals surface area (Å²) < 4.78 is 0. The molecule has 1 aliphatic heterocycles. The Morgan fingerprint density at radius 1 is 0.865 bits per heavy atom. The molecule has 0 aromatic heterocycles. The van der Waals surface area contributed by atoms with Crippen LogP contribution in [0.4, 0.5) is 0 Å². The first kappa shape index (κ1) is 28.6. The van der Waals surface area contributed by atoms with Crippen LogP contribution in [0.3, 0.4) is 0 Å². The van der Waals surface area contributed by atoms with E-state index >= 15 is 0 Å². The summed E-state index contributed by atoms with van der Waals surface area (Å²) in [7, 11) is 0. The predicted molar refractivity (Wildman–Crippen MR) is 149 cm³/mol. The molecule has 200 valence electrons. The van der Waals surface area contributed by atoms with E-state index in [1.165, 1.54) is 0 Å². The second-order valence-electron chi connectivity index (χ2n) is 11.4. The third-order valence-corrected chi connectivity index (χ3v) is 8.11. The summed E-state index contributed by atoms with van der Waals surface area (Å²) in [6.45, 7) is 11.8. The minimum Gasteiger partial charge on any atom is -0.352 e. The average molecular weight is 505 g/mol. The Balaban J connectivity index is 1.59. The molecule has 1 heterocycles. The molecule has 3 rings (SSSR count). The number of hydrogen-bond acceptors (Lipinski definition) is 3. The fraction of sp³-hybridized carbons (Fsp3) is 0.531. The molecule has 2 aromatic carbocycles. The highest BCUT2D eigenvalue weighted by molar-refractivity contribution is 6.05. The van der Waals surface area contributed by atoms with Crippen molar-refractivity contribution >= 4 is 17.7 Å². The van der Waals surface area contributed by atoms with Gasteiger partial charge in [0, 0.05) is 24.6 Å². The van der Waals surface area contributed by atoms with E-state index in [9.17, 15) is 14.4 Å². The molecule has 1 aliphatic rings. The van der Waals surface area contributed by atoms with Gasteiger partial charge in [-0.05, 0) is 41.9 Å². The van der Waals surface area contributed by atoms with Crippen molar-refractivity contribution in [2.75, 3.05) is 13.1 Å². The van der Waals surface area contributed by atoms with E-state index in [1.54, 1.807) is 17.0 Å². The van der Waals surface area contributed by atoms with Crippen molar-refractivity contribution in [3.63, 3.8) is 0 Å². The second kappa shape index (κ2) is 13.0. The monoisotopic (exact) mass is 504 g/mol. The predicted octanol–water partition coefficient (Wildman–Crippen LogP) is 6.45. The first-order chi connectivity index (χ1) is 17.7. The first-order valence-corrected chi connectivity index (χ1v) is 13.9. The lowest BCUT2D eigenvalue weighted by Gasteiger charge is -2.39. The molecule has 0 radical (unpaired) electrons. The second-order valence-corrected chi connectivity index (χ2v) is 11.4. The molecule has 0 aliphatic carbocycles. The maximum absolute atomic E-state index is 13.8. The number of carbonyl (C=O) groups is 3. The van der Waals surface area contributed by atoms with E-state index in [2.05, 4.69) is 52.1 Å². The molecular weight excluding hydrogens is 460 g/mol. The molecule has 3 unspecified atom stereocenters. The highest BCUT2D eigenvalue weighted by Gasteiger charge is 2.54. The molecule has 0 bridgehead atoms. The van der Waals surface area contributed by atoms with Crippen LogP contribution in [0.25, 0.3) is 0 Å². The zero-order valence-corrected chi connectivity index (χ0v) is 23.2. The Labute approximate surface area is 223 Å². The maximum Gasteiger partial charge on any atom is 0.251 e. The van der Waals surface area contributed by atoms with Crippen molar-refractivity contribution in [1.29, 1.82) is 0 Å². The Morgan fingerprint density at radius 3 is 2.03 bits per heavy atom. The Morgan fingerprint density at radius 2 is 1.43 bits per heavy atom. The topological polar surface area (TPSA) is 66.5 Å². The molecule has 2 aromatic rings. The minimum absolute atomic E-state index is 0.00537. The van der Waals surface area contributed by atoms with Crippen LogP contribution < -0.4 is 5.32 Å². The summed E-state index contributed by atoms with van der Waals surface area (Å²) in [5, 5.41) is 2.96. The lowest BCUT2D eigenvalue weighted by atomic mass is 9.63. The Bertz CT molecular complexity index is 1030. The number of likely N-dealkylation sites (tertiary alicyclic amines) is 1. The van der Waals surface area contributed by atoms with Crippen molar-refractivity contribution in [3.05, 3.63) is 71.8 Å². The van der Waals surface area contributed by atoms with Gasteiger partial charge < -0.3 is 5.32 Å². The van der Waals surface area contributed by atoms with Gasteiger partial charge in [0.2, 0.25) is 11.8 Å². The lowest BCUT2D eigenvalue weighted by molar-refractivity contribution is -0.140. The van der Waals surface area contributed by atoms with Crippen LogP contribution in [0.1, 0.15) is 88.6 Å². The number of imide groups is 1. The van der Waals surface area contributed by atoms with E-state index in [0.717, 1.165) is 37.7 Å². The van der Waals surface area contributed by atoms with Gasteiger partial charge in [-0.3, -0.25) is 19.3 Å². The van der Waals surface area contributed by atoms with E-state index < -0.39 is 0 Å². The van der Waals surface area contributed by atoms with Crippen LogP contribution in [-0.4, -0.2) is 35.7 Å². The molecule has 5 heteroatoms. The van der Waals surface area contributed by atoms with Gasteiger partial charge in [0.25, 0.3) is 5.91 Å². The largest absolute Gasteiger partial charge is 0.352 e. The van der Waals surface area contributed by atoms with Crippen molar-refractivity contribution in [2.24, 2.45) is 23.2 Å². The number of benzene rings is 2. The van der Waals surface area contributed by atoms with Gasteiger partial charge >= 0.3 is 0 Å². The van der Waals surface area contributed by atoms with Gasteiger partial charge in [-0.15, -0.1) is 0 Å². The van der Waals surface area contributed by atoms with Crippen molar-refractivity contribution < 1.29 is 14.4 Å². The molecule has 1 fully saturated rings. The van der Waals surface area contributed by atoms with Gasteiger partial charge in [-0.2, -0.15) is 0 Å². The Hall–Kier alpha value is -2.95. The number of hydrogen-bond donors (Lipinski definition) is 1. The number of nitrogens with zero attached hydrogens (tertiary/aromatic N) is 1. The fourth-order valence-corrected chi connectivity index (χ4v) is 5.71. The summed E-state index contributed by atoms with van der Waals surface area (Å²) in [4.78, 5) is 41.1. The summed E-state index contributed by atoms with van der Waals surface area (Å²) in [5.41, 5.74) is 1.70. The normalized spacial score (nSPS) is 18.9. The molecule has 5 nitrogen and oxygen atoms in total.